The van der Waals surface area contributed by atoms with Crippen LogP contribution in [-0.2, 0) is 6.18 Å². The molecule has 11 heteroatoms. The van der Waals surface area contributed by atoms with Crippen molar-refractivity contribution in [1.29, 1.82) is 0 Å². The van der Waals surface area contributed by atoms with E-state index in [-0.39, 0.29) is 11.9 Å². The van der Waals surface area contributed by atoms with Gasteiger partial charge in [0.2, 0.25) is 0 Å². The zero-order chi connectivity index (χ0) is 24.3. The second-order valence-electron chi connectivity index (χ2n) is 8.17. The lowest BCUT2D eigenvalue weighted by molar-refractivity contribution is -0.137. The number of alkyl halides is 3. The van der Waals surface area contributed by atoms with Gasteiger partial charge in [0, 0.05) is 37.1 Å². The number of piperidine rings is 1. The maximum atomic E-state index is 13.0. The Morgan fingerprint density at radius 2 is 1.97 bits per heavy atom. The summed E-state index contributed by atoms with van der Waals surface area (Å²) >= 11 is 0. The van der Waals surface area contributed by atoms with Crippen molar-refractivity contribution in [3.8, 4) is 11.3 Å². The van der Waals surface area contributed by atoms with Crippen molar-refractivity contribution in [2.75, 3.05) is 23.3 Å². The first kappa shape index (κ1) is 23.3. The quantitative estimate of drug-likeness (QED) is 0.514. The number of aromatic nitrogens is 3. The summed E-state index contributed by atoms with van der Waals surface area (Å²) in [7, 11) is 0. The number of hydrogen-bond acceptors (Lipinski definition) is 6. The Bertz CT molecular complexity index is 1170. The molecule has 3 aromatic rings. The van der Waals surface area contributed by atoms with Gasteiger partial charge in [-0.1, -0.05) is 0 Å². The van der Waals surface area contributed by atoms with E-state index in [1.165, 1.54) is 0 Å². The molecule has 1 aliphatic heterocycles. The predicted molar refractivity (Wildman–Crippen MR) is 123 cm³/mol. The second kappa shape index (κ2) is 9.54. The van der Waals surface area contributed by atoms with Crippen LogP contribution in [0.15, 0.2) is 48.8 Å². The van der Waals surface area contributed by atoms with Crippen LogP contribution in [0.3, 0.4) is 0 Å². The van der Waals surface area contributed by atoms with Gasteiger partial charge in [-0.25, -0.2) is 19.7 Å². The molecule has 1 aliphatic rings. The van der Waals surface area contributed by atoms with Crippen LogP contribution in [-0.4, -0.2) is 40.1 Å². The van der Waals surface area contributed by atoms with Gasteiger partial charge in [0.05, 0.1) is 11.3 Å². The summed E-state index contributed by atoms with van der Waals surface area (Å²) in [4.78, 5) is 26.3. The van der Waals surface area contributed by atoms with Crippen molar-refractivity contribution in [2.24, 2.45) is 5.73 Å². The number of amides is 2. The van der Waals surface area contributed by atoms with Gasteiger partial charge in [0.15, 0.2) is 0 Å². The standard InChI is InChI=1S/C23H24F3N7O/c1-14-9-18(31-20(10-14)32-19-11-16(6-7-28-19)23(24,25)26)15-4-5-21(29-12-15)33-8-2-3-17(13-33)30-22(27)34/h4-7,9-12,17H,2-3,8,13H2,1H3,(H3,27,30,34)(H,28,31,32). The fraction of sp³-hybridized carbons (Fsp3) is 0.304. The molecule has 34 heavy (non-hydrogen) atoms. The third-order valence-corrected chi connectivity index (χ3v) is 5.45. The molecule has 1 saturated heterocycles. The molecule has 0 radical (unpaired) electrons. The van der Waals surface area contributed by atoms with Crippen LogP contribution in [0.1, 0.15) is 24.0 Å². The van der Waals surface area contributed by atoms with Crippen molar-refractivity contribution in [3.63, 3.8) is 0 Å². The summed E-state index contributed by atoms with van der Waals surface area (Å²) < 4.78 is 39.0. The number of urea groups is 1. The molecule has 0 aromatic carbocycles. The highest BCUT2D eigenvalue weighted by molar-refractivity contribution is 5.72. The minimum absolute atomic E-state index is 0.0238. The summed E-state index contributed by atoms with van der Waals surface area (Å²) in [6.45, 7) is 3.32. The monoisotopic (exact) mass is 471 g/mol. The first-order chi connectivity index (χ1) is 16.2. The van der Waals surface area contributed by atoms with E-state index in [1.54, 1.807) is 12.3 Å². The summed E-state index contributed by atoms with van der Waals surface area (Å²) in [6.07, 6.45) is 0.124. The van der Waals surface area contributed by atoms with Crippen LogP contribution in [0.25, 0.3) is 11.3 Å². The highest BCUT2D eigenvalue weighted by atomic mass is 19.4. The molecule has 0 saturated carbocycles. The fourth-order valence-corrected chi connectivity index (χ4v) is 3.91. The number of carbonyl (C=O) groups is 1. The zero-order valence-electron chi connectivity index (χ0n) is 18.4. The molecule has 2 amide bonds. The van der Waals surface area contributed by atoms with E-state index in [0.29, 0.717) is 18.1 Å². The zero-order valence-corrected chi connectivity index (χ0v) is 18.4. The normalized spacial score (nSPS) is 16.2. The first-order valence-corrected chi connectivity index (χ1v) is 10.7. The molecular weight excluding hydrogens is 447 g/mol. The van der Waals surface area contributed by atoms with E-state index in [2.05, 4.69) is 30.5 Å². The Morgan fingerprint density at radius 3 is 2.68 bits per heavy atom. The number of nitrogens with zero attached hydrogens (tertiary/aromatic N) is 4. The van der Waals surface area contributed by atoms with E-state index in [4.69, 9.17) is 5.73 Å². The number of pyridine rings is 3. The van der Waals surface area contributed by atoms with Gasteiger partial charge in [-0.2, -0.15) is 13.2 Å². The van der Waals surface area contributed by atoms with E-state index in [9.17, 15) is 18.0 Å². The van der Waals surface area contributed by atoms with Crippen molar-refractivity contribution >= 4 is 23.5 Å². The molecule has 178 valence electrons. The maximum Gasteiger partial charge on any atom is 0.416 e. The van der Waals surface area contributed by atoms with E-state index in [1.807, 2.05) is 25.1 Å². The number of anilines is 3. The third-order valence-electron chi connectivity index (χ3n) is 5.45. The van der Waals surface area contributed by atoms with Gasteiger partial charge in [0.1, 0.15) is 17.5 Å². The maximum absolute atomic E-state index is 13.0. The van der Waals surface area contributed by atoms with Crippen LogP contribution in [0, 0.1) is 6.92 Å². The lowest BCUT2D eigenvalue weighted by atomic mass is 10.1. The SMILES string of the molecule is Cc1cc(Nc2cc(C(F)(F)F)ccn2)nc(-c2ccc(N3CCCC(NC(N)=O)C3)nc2)c1. The lowest BCUT2D eigenvalue weighted by Crippen LogP contribution is -2.49. The first-order valence-electron chi connectivity index (χ1n) is 10.7. The summed E-state index contributed by atoms with van der Waals surface area (Å²) in [5.41, 5.74) is 6.71. The molecule has 0 bridgehead atoms. The Hall–Kier alpha value is -3.89. The van der Waals surface area contributed by atoms with E-state index >= 15 is 0 Å². The van der Waals surface area contributed by atoms with E-state index < -0.39 is 17.8 Å². The Morgan fingerprint density at radius 1 is 1.15 bits per heavy atom. The number of hydrogen-bond donors (Lipinski definition) is 3. The number of nitrogens with one attached hydrogen (secondary N) is 2. The molecule has 3 aromatic heterocycles. The fourth-order valence-electron chi connectivity index (χ4n) is 3.91. The molecule has 1 fully saturated rings. The van der Waals surface area contributed by atoms with Gasteiger partial charge >= 0.3 is 12.2 Å². The number of primary amides is 1. The summed E-state index contributed by atoms with van der Waals surface area (Å²) in [5.74, 6) is 1.21. The third kappa shape index (κ3) is 5.72. The average Bonchev–Trinajstić information content (AvgIpc) is 2.78. The van der Waals surface area contributed by atoms with Gasteiger partial charge < -0.3 is 21.3 Å². The largest absolute Gasteiger partial charge is 0.416 e. The molecule has 8 nitrogen and oxygen atoms in total. The minimum Gasteiger partial charge on any atom is -0.355 e. The minimum atomic E-state index is -4.46. The number of nitrogens with two attached hydrogens (primary N) is 1. The molecule has 4 rings (SSSR count). The van der Waals surface area contributed by atoms with Crippen molar-refractivity contribution in [1.82, 2.24) is 20.3 Å². The van der Waals surface area contributed by atoms with Crippen LogP contribution in [0.2, 0.25) is 0 Å². The summed E-state index contributed by atoms with van der Waals surface area (Å²) in [6, 6.07) is 8.67. The van der Waals surface area contributed by atoms with Crippen LogP contribution < -0.4 is 21.3 Å². The number of aryl methyl sites for hydroxylation is 1. The number of carbonyl (C=O) groups excluding carboxylic acids is 1. The predicted octanol–water partition coefficient (Wildman–Crippen LogP) is 4.25. The molecular formula is C23H24F3N7O. The lowest BCUT2D eigenvalue weighted by Gasteiger charge is -2.33. The highest BCUT2D eigenvalue weighted by Crippen LogP contribution is 2.31. The van der Waals surface area contributed by atoms with Crippen LogP contribution in [0.5, 0.6) is 0 Å². The number of rotatable bonds is 5. The van der Waals surface area contributed by atoms with Gasteiger partial charge in [0.25, 0.3) is 0 Å². The Balaban J connectivity index is 1.51. The second-order valence-corrected chi connectivity index (χ2v) is 8.17. The topological polar surface area (TPSA) is 109 Å². The van der Waals surface area contributed by atoms with Crippen LogP contribution >= 0.6 is 0 Å². The molecule has 4 heterocycles. The van der Waals surface area contributed by atoms with Crippen LogP contribution in [0.4, 0.5) is 35.4 Å². The van der Waals surface area contributed by atoms with Gasteiger partial charge in [-0.3, -0.25) is 0 Å². The molecule has 4 N–H and O–H groups in total. The summed E-state index contributed by atoms with van der Waals surface area (Å²) in [5, 5.41) is 5.60. The smallest absolute Gasteiger partial charge is 0.355 e. The molecule has 0 spiro atoms. The molecule has 1 unspecified atom stereocenters. The van der Waals surface area contributed by atoms with Gasteiger partial charge in [-0.15, -0.1) is 0 Å². The van der Waals surface area contributed by atoms with Gasteiger partial charge in [-0.05, 0) is 61.7 Å². The van der Waals surface area contributed by atoms with Crippen molar-refractivity contribution < 1.29 is 18.0 Å². The van der Waals surface area contributed by atoms with Crippen molar-refractivity contribution in [3.05, 3.63) is 59.9 Å². The number of halogens is 3. The highest BCUT2D eigenvalue weighted by Gasteiger charge is 2.30. The molecule has 1 atom stereocenters. The Labute approximate surface area is 194 Å². The average molecular weight is 471 g/mol. The molecule has 0 aliphatic carbocycles. The Kier molecular flexibility index (Phi) is 6.53. The van der Waals surface area contributed by atoms with Crippen molar-refractivity contribution in [2.45, 2.75) is 32.0 Å². The van der Waals surface area contributed by atoms with E-state index in [0.717, 1.165) is 54.7 Å².